The quantitative estimate of drug-likeness (QED) is 0.860. The minimum Gasteiger partial charge on any atom is -0.387 e. The van der Waals surface area contributed by atoms with Crippen LogP contribution in [0.3, 0.4) is 0 Å². The number of piperidine rings is 1. The van der Waals surface area contributed by atoms with E-state index >= 15 is 0 Å². The van der Waals surface area contributed by atoms with Crippen LogP contribution in [0.1, 0.15) is 49.0 Å². The van der Waals surface area contributed by atoms with Crippen molar-refractivity contribution in [3.8, 4) is 0 Å². The summed E-state index contributed by atoms with van der Waals surface area (Å²) in [5.74, 6) is 0.761. The number of aliphatic hydroxyl groups is 1. The minimum absolute atomic E-state index is 0.213. The van der Waals surface area contributed by atoms with Crippen molar-refractivity contribution in [1.29, 1.82) is 0 Å². The molecule has 0 aliphatic carbocycles. The van der Waals surface area contributed by atoms with E-state index < -0.39 is 0 Å². The van der Waals surface area contributed by atoms with Gasteiger partial charge < -0.3 is 10.4 Å². The van der Waals surface area contributed by atoms with Gasteiger partial charge in [0.25, 0.3) is 0 Å². The van der Waals surface area contributed by atoms with E-state index in [-0.39, 0.29) is 12.1 Å². The van der Waals surface area contributed by atoms with Crippen LogP contribution in [-0.4, -0.2) is 17.7 Å². The SMILES string of the molecule is CCC1CCNC(C(O)c2cc(C)cc(C)c2)C1. The lowest BCUT2D eigenvalue weighted by molar-refractivity contribution is 0.0978. The Morgan fingerprint density at radius 3 is 2.56 bits per heavy atom. The highest BCUT2D eigenvalue weighted by molar-refractivity contribution is 5.30. The summed E-state index contributed by atoms with van der Waals surface area (Å²) < 4.78 is 0. The molecule has 1 fully saturated rings. The average molecular weight is 247 g/mol. The molecule has 0 amide bonds. The third kappa shape index (κ3) is 3.12. The first-order valence-electron chi connectivity index (χ1n) is 7.09. The highest BCUT2D eigenvalue weighted by atomic mass is 16.3. The Morgan fingerprint density at radius 2 is 1.94 bits per heavy atom. The molecule has 0 bridgehead atoms. The number of hydrogen-bond donors (Lipinski definition) is 2. The van der Waals surface area contributed by atoms with Crippen LogP contribution in [0.15, 0.2) is 18.2 Å². The van der Waals surface area contributed by atoms with E-state index in [2.05, 4.69) is 44.3 Å². The standard InChI is InChI=1S/C16H25NO/c1-4-13-5-6-17-15(10-13)16(18)14-8-11(2)7-12(3)9-14/h7-9,13,15-18H,4-6,10H2,1-3H3. The molecule has 1 aromatic carbocycles. The Kier molecular flexibility index (Phi) is 4.41. The highest BCUT2D eigenvalue weighted by Gasteiger charge is 2.27. The maximum absolute atomic E-state index is 10.5. The second kappa shape index (κ2) is 5.85. The maximum Gasteiger partial charge on any atom is 0.0943 e. The Balaban J connectivity index is 2.12. The number of hydrogen-bond acceptors (Lipinski definition) is 2. The average Bonchev–Trinajstić information content (AvgIpc) is 2.37. The van der Waals surface area contributed by atoms with Gasteiger partial charge in [0.2, 0.25) is 0 Å². The molecular formula is C16H25NO. The van der Waals surface area contributed by atoms with Crippen LogP contribution in [0.5, 0.6) is 0 Å². The fourth-order valence-electron chi connectivity index (χ4n) is 3.06. The van der Waals surface area contributed by atoms with E-state index in [0.717, 1.165) is 24.4 Å². The predicted molar refractivity (Wildman–Crippen MR) is 75.7 cm³/mol. The fraction of sp³-hybridized carbons (Fsp3) is 0.625. The molecule has 100 valence electrons. The van der Waals surface area contributed by atoms with Crippen molar-refractivity contribution in [3.05, 3.63) is 34.9 Å². The van der Waals surface area contributed by atoms with Gasteiger partial charge in [0.1, 0.15) is 0 Å². The summed E-state index contributed by atoms with van der Waals surface area (Å²) in [4.78, 5) is 0. The van der Waals surface area contributed by atoms with Crippen LogP contribution in [0.25, 0.3) is 0 Å². The number of nitrogens with one attached hydrogen (secondary N) is 1. The molecule has 1 aliphatic rings. The molecule has 1 saturated heterocycles. The normalized spacial score (nSPS) is 26.0. The topological polar surface area (TPSA) is 32.3 Å². The second-order valence-electron chi connectivity index (χ2n) is 5.73. The molecule has 3 atom stereocenters. The van der Waals surface area contributed by atoms with Crippen molar-refractivity contribution in [1.82, 2.24) is 5.32 Å². The Labute approximate surface area is 110 Å². The molecule has 1 aliphatic heterocycles. The molecule has 0 saturated carbocycles. The van der Waals surface area contributed by atoms with Gasteiger partial charge in [0.15, 0.2) is 0 Å². The van der Waals surface area contributed by atoms with E-state index in [1.165, 1.54) is 24.0 Å². The molecule has 2 nitrogen and oxygen atoms in total. The first kappa shape index (κ1) is 13.6. The summed E-state index contributed by atoms with van der Waals surface area (Å²) in [5, 5.41) is 14.0. The Hall–Kier alpha value is -0.860. The highest BCUT2D eigenvalue weighted by Crippen LogP contribution is 2.28. The van der Waals surface area contributed by atoms with Crippen LogP contribution >= 0.6 is 0 Å². The van der Waals surface area contributed by atoms with Gasteiger partial charge in [-0.25, -0.2) is 0 Å². The van der Waals surface area contributed by atoms with Gasteiger partial charge in [-0.15, -0.1) is 0 Å². The minimum atomic E-state index is -0.377. The van der Waals surface area contributed by atoms with Gasteiger partial charge >= 0.3 is 0 Å². The number of benzene rings is 1. The zero-order valence-electron chi connectivity index (χ0n) is 11.7. The maximum atomic E-state index is 10.5. The smallest absolute Gasteiger partial charge is 0.0943 e. The fourth-order valence-corrected chi connectivity index (χ4v) is 3.06. The summed E-state index contributed by atoms with van der Waals surface area (Å²) in [6, 6.07) is 6.58. The molecule has 1 aromatic rings. The first-order chi connectivity index (χ1) is 8.60. The number of rotatable bonds is 3. The monoisotopic (exact) mass is 247 g/mol. The number of aryl methyl sites for hydroxylation is 2. The summed E-state index contributed by atoms with van der Waals surface area (Å²) in [6.45, 7) is 7.46. The lowest BCUT2D eigenvalue weighted by atomic mass is 9.85. The van der Waals surface area contributed by atoms with Crippen LogP contribution in [0, 0.1) is 19.8 Å². The summed E-state index contributed by atoms with van der Waals surface area (Å²) in [7, 11) is 0. The summed E-state index contributed by atoms with van der Waals surface area (Å²) in [6.07, 6.45) is 3.17. The third-order valence-corrected chi connectivity index (χ3v) is 4.09. The molecule has 18 heavy (non-hydrogen) atoms. The lowest BCUT2D eigenvalue weighted by Gasteiger charge is -2.33. The zero-order valence-corrected chi connectivity index (χ0v) is 11.7. The predicted octanol–water partition coefficient (Wildman–Crippen LogP) is 3.12. The number of aliphatic hydroxyl groups excluding tert-OH is 1. The van der Waals surface area contributed by atoms with Gasteiger partial charge in [-0.2, -0.15) is 0 Å². The van der Waals surface area contributed by atoms with Gasteiger partial charge in [0, 0.05) is 6.04 Å². The van der Waals surface area contributed by atoms with E-state index in [9.17, 15) is 5.11 Å². The second-order valence-corrected chi connectivity index (χ2v) is 5.73. The first-order valence-corrected chi connectivity index (χ1v) is 7.09. The zero-order chi connectivity index (χ0) is 13.1. The van der Waals surface area contributed by atoms with Gasteiger partial charge in [-0.05, 0) is 44.7 Å². The van der Waals surface area contributed by atoms with Crippen LogP contribution in [0.4, 0.5) is 0 Å². The molecule has 2 N–H and O–H groups in total. The van der Waals surface area contributed by atoms with E-state index in [1.807, 2.05) is 0 Å². The molecule has 0 spiro atoms. The molecule has 3 unspecified atom stereocenters. The summed E-state index contributed by atoms with van der Waals surface area (Å²) >= 11 is 0. The molecule has 2 rings (SSSR count). The van der Waals surface area contributed by atoms with Gasteiger partial charge in [0.05, 0.1) is 6.10 Å². The Morgan fingerprint density at radius 1 is 1.28 bits per heavy atom. The van der Waals surface area contributed by atoms with Crippen LogP contribution in [0.2, 0.25) is 0 Å². The lowest BCUT2D eigenvalue weighted by Crippen LogP contribution is -2.42. The van der Waals surface area contributed by atoms with Crippen LogP contribution < -0.4 is 5.32 Å². The van der Waals surface area contributed by atoms with Gasteiger partial charge in [-0.1, -0.05) is 42.7 Å². The summed E-state index contributed by atoms with van der Waals surface area (Å²) in [5.41, 5.74) is 3.51. The van der Waals surface area contributed by atoms with E-state index in [1.54, 1.807) is 0 Å². The van der Waals surface area contributed by atoms with Crippen molar-refractivity contribution in [2.24, 2.45) is 5.92 Å². The van der Waals surface area contributed by atoms with Crippen molar-refractivity contribution in [2.45, 2.75) is 52.2 Å². The van der Waals surface area contributed by atoms with Crippen molar-refractivity contribution in [2.75, 3.05) is 6.54 Å². The van der Waals surface area contributed by atoms with Crippen molar-refractivity contribution >= 4 is 0 Å². The van der Waals surface area contributed by atoms with Gasteiger partial charge in [-0.3, -0.25) is 0 Å². The van der Waals surface area contributed by atoms with E-state index in [4.69, 9.17) is 0 Å². The van der Waals surface area contributed by atoms with Crippen molar-refractivity contribution < 1.29 is 5.11 Å². The largest absolute Gasteiger partial charge is 0.387 e. The van der Waals surface area contributed by atoms with Crippen molar-refractivity contribution in [3.63, 3.8) is 0 Å². The molecular weight excluding hydrogens is 222 g/mol. The third-order valence-electron chi connectivity index (χ3n) is 4.09. The molecule has 1 heterocycles. The molecule has 2 heteroatoms. The van der Waals surface area contributed by atoms with Crippen LogP contribution in [-0.2, 0) is 0 Å². The molecule has 0 aromatic heterocycles. The Bertz CT molecular complexity index is 382. The molecule has 0 radical (unpaired) electrons. The van der Waals surface area contributed by atoms with E-state index in [0.29, 0.717) is 0 Å².